The number of hydrogen-bond donors (Lipinski definition) is 1. The summed E-state index contributed by atoms with van der Waals surface area (Å²) >= 11 is 7.49. The molecule has 101 valence electrons. The molecule has 19 heavy (non-hydrogen) atoms. The Morgan fingerprint density at radius 1 is 1.37 bits per heavy atom. The minimum absolute atomic E-state index is 0.386. The Balaban J connectivity index is 1.96. The number of thiophene rings is 1. The smallest absolute Gasteiger partial charge is 0.119 e. The van der Waals surface area contributed by atoms with Crippen molar-refractivity contribution in [3.05, 3.63) is 47.2 Å². The molecule has 1 N–H and O–H groups in total. The Labute approximate surface area is 122 Å². The maximum atomic E-state index is 9.12. The van der Waals surface area contributed by atoms with E-state index in [0.29, 0.717) is 6.61 Å². The molecule has 1 atom stereocenters. The van der Waals surface area contributed by atoms with Crippen molar-refractivity contribution in [2.45, 2.75) is 19.4 Å². The maximum absolute atomic E-state index is 9.12. The number of ether oxygens (including phenoxy) is 1. The van der Waals surface area contributed by atoms with Crippen LogP contribution in [0.1, 0.15) is 13.3 Å². The summed E-state index contributed by atoms with van der Waals surface area (Å²) in [4.78, 5) is 1.13. The molecule has 1 radical (unpaired) electrons. The van der Waals surface area contributed by atoms with Gasteiger partial charge in [-0.3, -0.25) is 0 Å². The van der Waals surface area contributed by atoms with Crippen molar-refractivity contribution < 1.29 is 9.84 Å². The molecule has 1 aromatic heterocycles. The Morgan fingerprint density at radius 3 is 2.89 bits per heavy atom. The first kappa shape index (κ1) is 14.4. The van der Waals surface area contributed by atoms with Crippen LogP contribution in [0.15, 0.2) is 36.4 Å². The molecule has 2 nitrogen and oxygen atoms in total. The Bertz CT molecular complexity index is 522. The molecule has 2 rings (SSSR count). The van der Waals surface area contributed by atoms with E-state index in [9.17, 15) is 0 Å². The third kappa shape index (κ3) is 4.53. The van der Waals surface area contributed by atoms with E-state index in [1.165, 1.54) is 0 Å². The third-order valence-electron chi connectivity index (χ3n) is 2.59. The molecule has 0 aliphatic rings. The van der Waals surface area contributed by atoms with E-state index in [0.717, 1.165) is 26.9 Å². The number of rotatable bonds is 6. The van der Waals surface area contributed by atoms with Gasteiger partial charge in [0.2, 0.25) is 0 Å². The van der Waals surface area contributed by atoms with Crippen LogP contribution >= 0.6 is 22.9 Å². The number of benzene rings is 1. The first-order valence-corrected chi connectivity index (χ1v) is 7.34. The van der Waals surface area contributed by atoms with E-state index in [-0.39, 0.29) is 6.10 Å². The molecule has 0 spiro atoms. The van der Waals surface area contributed by atoms with Gasteiger partial charge in [-0.2, -0.15) is 0 Å². The Morgan fingerprint density at radius 2 is 2.21 bits per heavy atom. The molecule has 0 fully saturated rings. The van der Waals surface area contributed by atoms with Crippen LogP contribution in [0, 0.1) is 6.42 Å². The predicted molar refractivity (Wildman–Crippen MR) is 80.9 cm³/mol. The van der Waals surface area contributed by atoms with Gasteiger partial charge in [-0.05, 0) is 49.6 Å². The first-order chi connectivity index (χ1) is 9.15. The lowest BCUT2D eigenvalue weighted by molar-refractivity contribution is 0.214. The fourth-order valence-electron chi connectivity index (χ4n) is 1.69. The van der Waals surface area contributed by atoms with E-state index in [4.69, 9.17) is 21.4 Å². The fraction of sp³-hybridized carbons (Fsp3) is 0.267. The van der Waals surface area contributed by atoms with Crippen LogP contribution in [0.25, 0.3) is 10.4 Å². The second-order valence-corrected chi connectivity index (χ2v) is 5.96. The molecule has 0 saturated heterocycles. The van der Waals surface area contributed by atoms with Crippen LogP contribution in [0.3, 0.4) is 0 Å². The van der Waals surface area contributed by atoms with Crippen LogP contribution in [0.4, 0.5) is 0 Å². The molecular weight excluding hydrogens is 280 g/mol. The van der Waals surface area contributed by atoms with E-state index >= 15 is 0 Å². The van der Waals surface area contributed by atoms with Crippen molar-refractivity contribution in [2.75, 3.05) is 6.61 Å². The molecule has 0 unspecified atom stereocenters. The molecule has 0 aliphatic heterocycles. The van der Waals surface area contributed by atoms with Gasteiger partial charge in [0.1, 0.15) is 5.75 Å². The summed E-state index contributed by atoms with van der Waals surface area (Å²) in [5.41, 5.74) is 1.11. The van der Waals surface area contributed by atoms with E-state index in [2.05, 4.69) is 0 Å². The van der Waals surface area contributed by atoms with E-state index < -0.39 is 0 Å². The SMILES string of the molecule is C[C@H](O)[CH]CCOc1cccc(-c2ccc(Cl)s2)c1. The quantitative estimate of drug-likeness (QED) is 0.799. The van der Waals surface area contributed by atoms with Gasteiger partial charge in [-0.1, -0.05) is 23.7 Å². The third-order valence-corrected chi connectivity index (χ3v) is 3.87. The highest BCUT2D eigenvalue weighted by atomic mass is 35.5. The maximum Gasteiger partial charge on any atom is 0.119 e. The monoisotopic (exact) mass is 295 g/mol. The van der Waals surface area contributed by atoms with Crippen molar-refractivity contribution in [3.63, 3.8) is 0 Å². The molecule has 2 aromatic rings. The van der Waals surface area contributed by atoms with Gasteiger partial charge in [0, 0.05) is 4.88 Å². The second kappa shape index (κ2) is 6.94. The minimum Gasteiger partial charge on any atom is -0.494 e. The average molecular weight is 296 g/mol. The van der Waals surface area contributed by atoms with Gasteiger partial charge in [-0.25, -0.2) is 0 Å². The zero-order chi connectivity index (χ0) is 13.7. The average Bonchev–Trinajstić information content (AvgIpc) is 2.82. The zero-order valence-corrected chi connectivity index (χ0v) is 12.2. The largest absolute Gasteiger partial charge is 0.494 e. The zero-order valence-electron chi connectivity index (χ0n) is 10.7. The number of aliphatic hydroxyl groups is 1. The number of halogens is 1. The molecule has 0 amide bonds. The topological polar surface area (TPSA) is 29.5 Å². The lowest BCUT2D eigenvalue weighted by atomic mass is 10.2. The van der Waals surface area contributed by atoms with Gasteiger partial charge < -0.3 is 9.84 Å². The van der Waals surface area contributed by atoms with Gasteiger partial charge in [-0.15, -0.1) is 11.3 Å². The van der Waals surface area contributed by atoms with Crippen LogP contribution in [0.2, 0.25) is 4.34 Å². The van der Waals surface area contributed by atoms with Gasteiger partial charge in [0.15, 0.2) is 0 Å². The van der Waals surface area contributed by atoms with Crippen molar-refractivity contribution in [3.8, 4) is 16.2 Å². The molecule has 0 aliphatic carbocycles. The summed E-state index contributed by atoms with van der Waals surface area (Å²) in [6, 6.07) is 11.8. The minimum atomic E-state index is -0.386. The van der Waals surface area contributed by atoms with Gasteiger partial charge in [0.05, 0.1) is 17.0 Å². The van der Waals surface area contributed by atoms with Gasteiger partial charge >= 0.3 is 0 Å². The molecule has 1 aromatic carbocycles. The summed E-state index contributed by atoms with van der Waals surface area (Å²) in [5.74, 6) is 0.834. The second-order valence-electron chi connectivity index (χ2n) is 4.25. The lowest BCUT2D eigenvalue weighted by Gasteiger charge is -2.08. The highest BCUT2D eigenvalue weighted by molar-refractivity contribution is 7.19. The summed E-state index contributed by atoms with van der Waals surface area (Å²) < 4.78 is 6.44. The molecular formula is C15H16ClO2S. The highest BCUT2D eigenvalue weighted by Crippen LogP contribution is 2.32. The van der Waals surface area contributed by atoms with E-state index in [1.54, 1.807) is 18.3 Å². The first-order valence-electron chi connectivity index (χ1n) is 6.15. The summed E-state index contributed by atoms with van der Waals surface area (Å²) in [5, 5.41) is 9.12. The summed E-state index contributed by atoms with van der Waals surface area (Å²) in [7, 11) is 0. The van der Waals surface area contributed by atoms with Gasteiger partial charge in [0.25, 0.3) is 0 Å². The van der Waals surface area contributed by atoms with Crippen molar-refractivity contribution in [1.29, 1.82) is 0 Å². The summed E-state index contributed by atoms with van der Waals surface area (Å²) in [6.45, 7) is 2.31. The Kier molecular flexibility index (Phi) is 5.25. The van der Waals surface area contributed by atoms with E-state index in [1.807, 2.05) is 42.8 Å². The molecule has 1 heterocycles. The number of hydrogen-bond acceptors (Lipinski definition) is 3. The van der Waals surface area contributed by atoms with Crippen molar-refractivity contribution in [1.82, 2.24) is 0 Å². The Hall–Kier alpha value is -1.03. The van der Waals surface area contributed by atoms with Crippen molar-refractivity contribution >= 4 is 22.9 Å². The molecule has 4 heteroatoms. The van der Waals surface area contributed by atoms with Crippen LogP contribution in [0.5, 0.6) is 5.75 Å². The van der Waals surface area contributed by atoms with Crippen LogP contribution in [-0.2, 0) is 0 Å². The fourth-order valence-corrected chi connectivity index (χ4v) is 2.73. The van der Waals surface area contributed by atoms with Crippen LogP contribution in [-0.4, -0.2) is 17.8 Å². The summed E-state index contributed by atoms with van der Waals surface area (Å²) in [6.07, 6.45) is 2.17. The molecule has 0 bridgehead atoms. The molecule has 0 saturated carbocycles. The standard InChI is InChI=1S/C15H16ClO2S/c1-11(17)4-3-9-18-13-6-2-5-12(10-13)14-7-8-15(16)19-14/h2,4-8,10-11,17H,3,9H2,1H3/t11-/m0/s1. The van der Waals surface area contributed by atoms with Crippen LogP contribution < -0.4 is 4.74 Å². The van der Waals surface area contributed by atoms with Crippen molar-refractivity contribution in [2.24, 2.45) is 0 Å². The highest BCUT2D eigenvalue weighted by Gasteiger charge is 2.03. The predicted octanol–water partition coefficient (Wildman–Crippen LogP) is 4.42. The number of aliphatic hydroxyl groups excluding tert-OH is 1. The lowest BCUT2D eigenvalue weighted by Crippen LogP contribution is -2.05. The normalized spacial score (nSPS) is 12.4.